The summed E-state index contributed by atoms with van der Waals surface area (Å²) >= 11 is 0. The van der Waals surface area contributed by atoms with Gasteiger partial charge in [0.05, 0.1) is 0 Å². The van der Waals surface area contributed by atoms with Gasteiger partial charge in [-0.25, -0.2) is 0 Å². The molecular formula is C28H46O2Sn. The van der Waals surface area contributed by atoms with Gasteiger partial charge in [0.2, 0.25) is 0 Å². The zero-order chi connectivity index (χ0) is 22.7. The van der Waals surface area contributed by atoms with Gasteiger partial charge in [-0.1, -0.05) is 165 Å². The summed E-state index contributed by atoms with van der Waals surface area (Å²) in [7, 11) is 0. The molecule has 0 aliphatic rings. The van der Waals surface area contributed by atoms with Gasteiger partial charge in [0.15, 0.2) is 0 Å². The topological polar surface area (TPSA) is 46.1 Å². The first-order chi connectivity index (χ1) is 14.6. The summed E-state index contributed by atoms with van der Waals surface area (Å²) in [6, 6.07) is 16.7. The third-order valence-corrected chi connectivity index (χ3v) is 4.40. The molecule has 0 N–H and O–H groups in total. The molecule has 0 saturated carbocycles. The largest absolute Gasteiger partial charge is 2.00 e. The number of hydrogen-bond acceptors (Lipinski definition) is 2. The van der Waals surface area contributed by atoms with Crippen LogP contribution in [-0.2, 0) is 0 Å². The fourth-order valence-corrected chi connectivity index (χ4v) is 2.55. The second-order valence-electron chi connectivity index (χ2n) is 7.45. The van der Waals surface area contributed by atoms with Crippen molar-refractivity contribution in [1.82, 2.24) is 0 Å². The molecule has 0 saturated heterocycles. The van der Waals surface area contributed by atoms with E-state index in [1.54, 1.807) is 24.3 Å². The van der Waals surface area contributed by atoms with E-state index in [0.717, 1.165) is 0 Å². The molecule has 0 aliphatic carbocycles. The zero-order valence-corrected chi connectivity index (χ0v) is 23.4. The van der Waals surface area contributed by atoms with Crippen molar-refractivity contribution in [1.29, 1.82) is 0 Å². The van der Waals surface area contributed by atoms with Crippen molar-refractivity contribution in [2.45, 2.75) is 105 Å². The van der Waals surface area contributed by atoms with Crippen LogP contribution in [0.4, 0.5) is 0 Å². The van der Waals surface area contributed by atoms with Gasteiger partial charge in [0.1, 0.15) is 0 Å². The van der Waals surface area contributed by atoms with Crippen molar-refractivity contribution >= 4 is 23.9 Å². The first kappa shape index (κ1) is 34.5. The minimum absolute atomic E-state index is 0. The van der Waals surface area contributed by atoms with Crippen molar-refractivity contribution < 1.29 is 10.2 Å². The van der Waals surface area contributed by atoms with Crippen LogP contribution in [0.15, 0.2) is 60.7 Å². The Hall–Kier alpha value is -1.16. The van der Waals surface area contributed by atoms with E-state index in [0.29, 0.717) is 0 Å². The van der Waals surface area contributed by atoms with Crippen molar-refractivity contribution in [2.75, 3.05) is 0 Å². The summed E-state index contributed by atoms with van der Waals surface area (Å²) < 4.78 is 0. The fourth-order valence-electron chi connectivity index (χ4n) is 2.55. The molecule has 0 aliphatic heterocycles. The SMILES string of the molecule is CCCCCCCC.CCCCCCCC.[O-]c1ccccc1.[O-]c1ccccc1.[Sn+2]. The maximum Gasteiger partial charge on any atom is 2.00 e. The van der Waals surface area contributed by atoms with E-state index in [9.17, 15) is 10.2 Å². The van der Waals surface area contributed by atoms with E-state index >= 15 is 0 Å². The number of rotatable bonds is 10. The molecule has 2 radical (unpaired) electrons. The normalized spacial score (nSPS) is 8.90. The number of benzene rings is 2. The van der Waals surface area contributed by atoms with Crippen molar-refractivity contribution in [2.24, 2.45) is 0 Å². The molecule has 2 aromatic carbocycles. The van der Waals surface area contributed by atoms with Crippen LogP contribution in [0.5, 0.6) is 11.5 Å². The molecule has 2 rings (SSSR count). The van der Waals surface area contributed by atoms with Crippen molar-refractivity contribution in [3.63, 3.8) is 0 Å². The fraction of sp³-hybridized carbons (Fsp3) is 0.571. The number of hydrogen-bond donors (Lipinski definition) is 0. The maximum absolute atomic E-state index is 10.3. The molecule has 0 heterocycles. The molecule has 0 spiro atoms. The van der Waals surface area contributed by atoms with Gasteiger partial charge in [-0.15, -0.1) is 11.5 Å². The molecule has 0 unspecified atom stereocenters. The Morgan fingerprint density at radius 1 is 0.419 bits per heavy atom. The van der Waals surface area contributed by atoms with Gasteiger partial charge in [0.25, 0.3) is 0 Å². The van der Waals surface area contributed by atoms with Crippen LogP contribution < -0.4 is 10.2 Å². The molecule has 31 heavy (non-hydrogen) atoms. The molecule has 2 nitrogen and oxygen atoms in total. The molecule has 0 fully saturated rings. The van der Waals surface area contributed by atoms with Crippen LogP contribution in [0, 0.1) is 0 Å². The maximum atomic E-state index is 10.3. The van der Waals surface area contributed by atoms with E-state index in [4.69, 9.17) is 0 Å². The van der Waals surface area contributed by atoms with Gasteiger partial charge in [-0.3, -0.25) is 0 Å². The number of unbranched alkanes of at least 4 members (excludes halogenated alkanes) is 10. The molecule has 0 atom stereocenters. The van der Waals surface area contributed by atoms with Crippen molar-refractivity contribution in [3.8, 4) is 11.5 Å². The molecule has 0 amide bonds. The monoisotopic (exact) mass is 534 g/mol. The van der Waals surface area contributed by atoms with Gasteiger partial charge in [0, 0.05) is 0 Å². The Morgan fingerprint density at radius 2 is 0.645 bits per heavy atom. The Morgan fingerprint density at radius 3 is 0.774 bits per heavy atom. The minimum Gasteiger partial charge on any atom is -0.872 e. The van der Waals surface area contributed by atoms with Crippen LogP contribution in [0.2, 0.25) is 0 Å². The molecule has 2 aromatic rings. The van der Waals surface area contributed by atoms with Crippen LogP contribution >= 0.6 is 0 Å². The average Bonchev–Trinajstić information content (AvgIpc) is 2.77. The summed E-state index contributed by atoms with van der Waals surface area (Å²) in [6.07, 6.45) is 17.0. The Kier molecular flexibility index (Phi) is 34.5. The summed E-state index contributed by atoms with van der Waals surface area (Å²) in [5.41, 5.74) is 0. The predicted molar refractivity (Wildman–Crippen MR) is 136 cm³/mol. The van der Waals surface area contributed by atoms with E-state index in [2.05, 4.69) is 27.7 Å². The molecule has 0 aromatic heterocycles. The third-order valence-electron chi connectivity index (χ3n) is 4.40. The molecular weight excluding hydrogens is 487 g/mol. The Labute approximate surface area is 210 Å². The second-order valence-corrected chi connectivity index (χ2v) is 7.45. The quantitative estimate of drug-likeness (QED) is 0.231. The van der Waals surface area contributed by atoms with Crippen molar-refractivity contribution in [3.05, 3.63) is 60.7 Å². The second kappa shape index (κ2) is 31.0. The molecule has 174 valence electrons. The van der Waals surface area contributed by atoms with Crippen LogP contribution in [0.25, 0.3) is 0 Å². The number of para-hydroxylation sites is 2. The van der Waals surface area contributed by atoms with Gasteiger partial charge in [-0.2, -0.15) is 0 Å². The third kappa shape index (κ3) is 33.7. The minimum atomic E-state index is 0. The Bertz CT molecular complexity index is 456. The summed E-state index contributed by atoms with van der Waals surface area (Å²) in [6.45, 7) is 9.02. The first-order valence-electron chi connectivity index (χ1n) is 12.1. The van der Waals surface area contributed by atoms with Gasteiger partial charge in [-0.05, 0) is 0 Å². The van der Waals surface area contributed by atoms with Gasteiger partial charge < -0.3 is 10.2 Å². The van der Waals surface area contributed by atoms with E-state index in [1.165, 1.54) is 101 Å². The summed E-state index contributed by atoms with van der Waals surface area (Å²) in [5.74, 6) is 0.144. The van der Waals surface area contributed by atoms with E-state index in [1.807, 2.05) is 12.1 Å². The smallest absolute Gasteiger partial charge is 0.872 e. The molecule has 3 heteroatoms. The Balaban J connectivity index is -0.000000334. The molecule has 0 bridgehead atoms. The predicted octanol–water partition coefficient (Wildman–Crippen LogP) is 7.87. The standard InChI is InChI=1S/2C8H18.2C6H6O.Sn/c2*1-3-5-7-8-6-4-2;2*7-6-4-2-1-3-5-6;/h2*3-8H2,1-2H3;2*1-5,7H;/q;;;;+2/p-2. The van der Waals surface area contributed by atoms with Gasteiger partial charge >= 0.3 is 23.9 Å². The van der Waals surface area contributed by atoms with Crippen LogP contribution in [0.3, 0.4) is 0 Å². The van der Waals surface area contributed by atoms with E-state index in [-0.39, 0.29) is 35.4 Å². The first-order valence-corrected chi connectivity index (χ1v) is 12.1. The van der Waals surface area contributed by atoms with Crippen LogP contribution in [-0.4, -0.2) is 23.9 Å². The van der Waals surface area contributed by atoms with Crippen LogP contribution in [0.1, 0.15) is 105 Å². The average molecular weight is 533 g/mol. The summed E-state index contributed by atoms with van der Waals surface area (Å²) in [5, 5.41) is 20.5. The summed E-state index contributed by atoms with van der Waals surface area (Å²) in [4.78, 5) is 0. The van der Waals surface area contributed by atoms with E-state index < -0.39 is 0 Å². The zero-order valence-electron chi connectivity index (χ0n) is 20.6.